The zero-order chi connectivity index (χ0) is 15.4. The number of amides is 1. The summed E-state index contributed by atoms with van der Waals surface area (Å²) in [4.78, 5) is 22.8. The van der Waals surface area contributed by atoms with Crippen LogP contribution in [0.4, 0.5) is 14.5 Å². The van der Waals surface area contributed by atoms with Crippen molar-refractivity contribution in [3.05, 3.63) is 65.2 Å². The van der Waals surface area contributed by atoms with Crippen molar-refractivity contribution in [2.45, 2.75) is 6.42 Å². The number of aromatic carboxylic acids is 1. The van der Waals surface area contributed by atoms with Crippen LogP contribution in [0, 0.1) is 11.6 Å². The summed E-state index contributed by atoms with van der Waals surface area (Å²) in [6, 6.07) is 9.41. The predicted molar refractivity (Wildman–Crippen MR) is 72.1 cm³/mol. The van der Waals surface area contributed by atoms with Crippen molar-refractivity contribution >= 4 is 17.6 Å². The Hall–Kier alpha value is -2.76. The van der Waals surface area contributed by atoms with Crippen LogP contribution in [0.2, 0.25) is 0 Å². The SMILES string of the molecule is O=C(Cc1ccccc1C(=O)O)Nc1cccc(F)c1F. The number of rotatable bonds is 4. The first-order valence-electron chi connectivity index (χ1n) is 6.04. The highest BCUT2D eigenvalue weighted by molar-refractivity contribution is 5.96. The van der Waals surface area contributed by atoms with Crippen LogP contribution in [0.1, 0.15) is 15.9 Å². The van der Waals surface area contributed by atoms with Crippen LogP contribution in [-0.4, -0.2) is 17.0 Å². The number of anilines is 1. The fraction of sp³-hybridized carbons (Fsp3) is 0.0667. The number of carbonyl (C=O) groups is 2. The van der Waals surface area contributed by atoms with E-state index >= 15 is 0 Å². The summed E-state index contributed by atoms with van der Waals surface area (Å²) in [7, 11) is 0. The van der Waals surface area contributed by atoms with Gasteiger partial charge in [0.25, 0.3) is 0 Å². The number of hydrogen-bond donors (Lipinski definition) is 2. The molecule has 0 aromatic heterocycles. The molecular weight excluding hydrogens is 280 g/mol. The summed E-state index contributed by atoms with van der Waals surface area (Å²) in [5.41, 5.74) is -0.000480. The normalized spacial score (nSPS) is 10.2. The molecule has 0 atom stereocenters. The molecule has 2 rings (SSSR count). The van der Waals surface area contributed by atoms with Crippen molar-refractivity contribution in [1.82, 2.24) is 0 Å². The average molecular weight is 291 g/mol. The molecule has 2 N–H and O–H groups in total. The van der Waals surface area contributed by atoms with E-state index in [-0.39, 0.29) is 17.7 Å². The van der Waals surface area contributed by atoms with Crippen molar-refractivity contribution in [3.8, 4) is 0 Å². The number of nitrogens with one attached hydrogen (secondary N) is 1. The van der Waals surface area contributed by atoms with E-state index in [2.05, 4.69) is 5.32 Å². The smallest absolute Gasteiger partial charge is 0.335 e. The highest BCUT2D eigenvalue weighted by atomic mass is 19.2. The van der Waals surface area contributed by atoms with Gasteiger partial charge >= 0.3 is 5.97 Å². The summed E-state index contributed by atoms with van der Waals surface area (Å²) in [5.74, 6) is -4.01. The highest BCUT2D eigenvalue weighted by Crippen LogP contribution is 2.17. The van der Waals surface area contributed by atoms with Crippen LogP contribution in [0.25, 0.3) is 0 Å². The maximum absolute atomic E-state index is 13.4. The molecule has 0 aliphatic rings. The van der Waals surface area contributed by atoms with Gasteiger partial charge in [-0.25, -0.2) is 13.6 Å². The van der Waals surface area contributed by atoms with Crippen molar-refractivity contribution in [3.63, 3.8) is 0 Å². The van der Waals surface area contributed by atoms with Crippen LogP contribution >= 0.6 is 0 Å². The highest BCUT2D eigenvalue weighted by Gasteiger charge is 2.14. The Bertz CT molecular complexity index is 701. The lowest BCUT2D eigenvalue weighted by atomic mass is 10.0. The third kappa shape index (κ3) is 3.42. The first-order chi connectivity index (χ1) is 9.99. The molecule has 1 amide bonds. The molecule has 0 saturated heterocycles. The second-order valence-electron chi connectivity index (χ2n) is 4.29. The Morgan fingerprint density at radius 1 is 1.05 bits per heavy atom. The molecule has 2 aromatic rings. The summed E-state index contributed by atoms with van der Waals surface area (Å²) < 4.78 is 26.4. The Labute approximate surface area is 119 Å². The van der Waals surface area contributed by atoms with Crippen molar-refractivity contribution in [1.29, 1.82) is 0 Å². The minimum absolute atomic E-state index is 0.00707. The second kappa shape index (κ2) is 6.13. The summed E-state index contributed by atoms with van der Waals surface area (Å²) in [5, 5.41) is 11.2. The molecule has 108 valence electrons. The molecule has 6 heteroatoms. The first-order valence-corrected chi connectivity index (χ1v) is 6.04. The van der Waals surface area contributed by atoms with Gasteiger partial charge in [-0.3, -0.25) is 4.79 Å². The number of benzene rings is 2. The number of carboxylic acids is 1. The van der Waals surface area contributed by atoms with E-state index in [1.54, 1.807) is 6.07 Å². The van der Waals surface area contributed by atoms with E-state index in [1.807, 2.05) is 0 Å². The Balaban J connectivity index is 2.16. The van der Waals surface area contributed by atoms with E-state index in [0.29, 0.717) is 5.56 Å². The minimum Gasteiger partial charge on any atom is -0.478 e. The maximum atomic E-state index is 13.4. The largest absolute Gasteiger partial charge is 0.478 e. The molecule has 0 heterocycles. The molecule has 2 aromatic carbocycles. The maximum Gasteiger partial charge on any atom is 0.335 e. The topological polar surface area (TPSA) is 66.4 Å². The van der Waals surface area contributed by atoms with E-state index in [9.17, 15) is 18.4 Å². The number of halogens is 2. The molecule has 0 fully saturated rings. The van der Waals surface area contributed by atoms with Crippen LogP contribution in [0.15, 0.2) is 42.5 Å². The monoisotopic (exact) mass is 291 g/mol. The number of carbonyl (C=O) groups excluding carboxylic acids is 1. The van der Waals surface area contributed by atoms with Crippen molar-refractivity contribution in [2.24, 2.45) is 0 Å². The molecule has 0 bridgehead atoms. The van der Waals surface area contributed by atoms with Gasteiger partial charge in [0.05, 0.1) is 17.7 Å². The molecule has 21 heavy (non-hydrogen) atoms. The lowest BCUT2D eigenvalue weighted by molar-refractivity contribution is -0.115. The molecule has 4 nitrogen and oxygen atoms in total. The third-order valence-corrected chi connectivity index (χ3v) is 2.82. The van der Waals surface area contributed by atoms with Crippen LogP contribution in [-0.2, 0) is 11.2 Å². The van der Waals surface area contributed by atoms with Gasteiger partial charge in [-0.05, 0) is 23.8 Å². The molecule has 0 radical (unpaired) electrons. The van der Waals surface area contributed by atoms with Gasteiger partial charge in [0.15, 0.2) is 11.6 Å². The van der Waals surface area contributed by atoms with E-state index in [1.165, 1.54) is 30.3 Å². The van der Waals surface area contributed by atoms with Crippen molar-refractivity contribution < 1.29 is 23.5 Å². The van der Waals surface area contributed by atoms with Crippen LogP contribution < -0.4 is 5.32 Å². The van der Waals surface area contributed by atoms with Crippen molar-refractivity contribution in [2.75, 3.05) is 5.32 Å². The number of carboxylic acid groups (broad SMARTS) is 1. The zero-order valence-electron chi connectivity index (χ0n) is 10.8. The van der Waals surface area contributed by atoms with Gasteiger partial charge in [0, 0.05) is 0 Å². The van der Waals surface area contributed by atoms with Crippen LogP contribution in [0.3, 0.4) is 0 Å². The third-order valence-electron chi connectivity index (χ3n) is 2.82. The second-order valence-corrected chi connectivity index (χ2v) is 4.29. The lowest BCUT2D eigenvalue weighted by Crippen LogP contribution is -2.17. The quantitative estimate of drug-likeness (QED) is 0.910. The zero-order valence-corrected chi connectivity index (χ0v) is 10.8. The van der Waals surface area contributed by atoms with E-state index in [0.717, 1.165) is 6.07 Å². The predicted octanol–water partition coefficient (Wildman–Crippen LogP) is 2.84. The van der Waals surface area contributed by atoms with Gasteiger partial charge in [-0.1, -0.05) is 24.3 Å². The van der Waals surface area contributed by atoms with E-state index in [4.69, 9.17) is 5.11 Å². The summed E-state index contributed by atoms with van der Waals surface area (Å²) >= 11 is 0. The lowest BCUT2D eigenvalue weighted by Gasteiger charge is -2.08. The Morgan fingerprint density at radius 3 is 2.48 bits per heavy atom. The van der Waals surface area contributed by atoms with Gasteiger partial charge in [-0.15, -0.1) is 0 Å². The molecular formula is C15H11F2NO3. The molecule has 0 aliphatic carbocycles. The van der Waals surface area contributed by atoms with Gasteiger partial charge < -0.3 is 10.4 Å². The van der Waals surface area contributed by atoms with Gasteiger partial charge in [0.2, 0.25) is 5.91 Å². The molecule has 0 unspecified atom stereocenters. The standard InChI is InChI=1S/C15H11F2NO3/c16-11-6-3-7-12(14(11)17)18-13(19)8-9-4-1-2-5-10(9)15(20)21/h1-7H,8H2,(H,18,19)(H,20,21). The summed E-state index contributed by atoms with van der Waals surface area (Å²) in [6.07, 6.45) is -0.252. The summed E-state index contributed by atoms with van der Waals surface area (Å²) in [6.45, 7) is 0. The minimum atomic E-state index is -1.16. The fourth-order valence-electron chi connectivity index (χ4n) is 1.85. The fourth-order valence-corrected chi connectivity index (χ4v) is 1.85. The Morgan fingerprint density at radius 2 is 1.76 bits per heavy atom. The molecule has 0 spiro atoms. The van der Waals surface area contributed by atoms with E-state index < -0.39 is 23.5 Å². The molecule has 0 saturated carbocycles. The van der Waals surface area contributed by atoms with Gasteiger partial charge in [0.1, 0.15) is 0 Å². The Kier molecular flexibility index (Phi) is 4.27. The molecule has 0 aliphatic heterocycles. The van der Waals surface area contributed by atoms with Crippen LogP contribution in [0.5, 0.6) is 0 Å². The first kappa shape index (κ1) is 14.6. The van der Waals surface area contributed by atoms with Gasteiger partial charge in [-0.2, -0.15) is 0 Å². The number of hydrogen-bond acceptors (Lipinski definition) is 2. The average Bonchev–Trinajstić information content (AvgIpc) is 2.44.